The third-order valence-electron chi connectivity index (χ3n) is 11.4. The highest BCUT2D eigenvalue weighted by molar-refractivity contribution is 5.64. The van der Waals surface area contributed by atoms with E-state index in [0.29, 0.717) is 27.8 Å². The summed E-state index contributed by atoms with van der Waals surface area (Å²) in [6.45, 7) is -5.64. The van der Waals surface area contributed by atoms with Gasteiger partial charge in [-0.25, -0.2) is 18.3 Å². The molecular weight excluding hydrogens is 837 g/mol. The Labute approximate surface area is 459 Å². The van der Waals surface area contributed by atoms with Gasteiger partial charge in [-0.15, -0.1) is 0 Å². The van der Waals surface area contributed by atoms with E-state index >= 15 is 0 Å². The van der Waals surface area contributed by atoms with Crippen molar-refractivity contribution in [3.63, 3.8) is 0 Å². The van der Waals surface area contributed by atoms with E-state index < -0.39 is 74.0 Å². The lowest BCUT2D eigenvalue weighted by molar-refractivity contribution is -0.660. The van der Waals surface area contributed by atoms with E-state index in [1.807, 2.05) is 44.5 Å². The number of hydrogen-bond acceptors (Lipinski definition) is 0. The fourth-order valence-electron chi connectivity index (χ4n) is 7.81. The number of benzene rings is 4. The molecule has 8 aromatic rings. The van der Waals surface area contributed by atoms with Crippen LogP contribution in [0.2, 0.25) is 0 Å². The number of pyridine rings is 4. The maximum Gasteiger partial charge on any atom is 0.212 e. The first kappa shape index (κ1) is 26.5. The van der Waals surface area contributed by atoms with Crippen molar-refractivity contribution < 1.29 is 58.0 Å². The SMILES string of the molecule is [2H]C([2H])([2H])c1ccc(-c2ccc(C([2H])(C)C([2H])([2H])[2H])cc2C)[n+](C)c1.[2H]C([2H])([2H])c1ccc(-c2ccc(C([2H])([2H])C([2H])([2H])[2H])cc2C)[n+](C)c1.[2H]C([2H])([2H])c1ccc(-c2ccc(C([2H])([2H])C)c[n+]2C)c(C)c1.[2H]C([2H])([2H])c1ccc(-c2ccc(C([2H])([2H])[2H])c[n+]2C)c(C)c1.[2H]C([2H])[2H]. The third kappa shape index (κ3) is 14.7. The predicted molar refractivity (Wildman–Crippen MR) is 294 cm³/mol. The smallest absolute Gasteiger partial charge is 0.201 e. The molecule has 0 fully saturated rings. The summed E-state index contributed by atoms with van der Waals surface area (Å²) in [4.78, 5) is 0. The van der Waals surface area contributed by atoms with Gasteiger partial charge in [0.2, 0.25) is 22.8 Å². The van der Waals surface area contributed by atoms with Crippen LogP contribution >= 0.6 is 0 Å². The second-order valence-electron chi connectivity index (χ2n) is 16.8. The Morgan fingerprint density at radius 1 is 0.464 bits per heavy atom. The average molecular weight is 951 g/mol. The molecule has 0 saturated heterocycles. The molecule has 69 heavy (non-hydrogen) atoms. The Balaban J connectivity index is 0.000000273. The van der Waals surface area contributed by atoms with Gasteiger partial charge in [0.1, 0.15) is 28.2 Å². The van der Waals surface area contributed by atoms with Crippen molar-refractivity contribution in [1.29, 1.82) is 0 Å². The van der Waals surface area contributed by atoms with E-state index in [2.05, 4.69) is 0 Å². The molecule has 360 valence electrons. The quantitative estimate of drug-likeness (QED) is 0.142. The van der Waals surface area contributed by atoms with Crippen molar-refractivity contribution in [2.45, 2.75) is 116 Å². The van der Waals surface area contributed by atoms with Gasteiger partial charge in [-0.2, -0.15) is 0 Å². The molecule has 0 spiro atoms. The molecule has 4 aromatic heterocycles. The fraction of sp³-hybridized carbons (Fsp3) is 0.323. The highest BCUT2D eigenvalue weighted by Crippen LogP contribution is 2.26. The second kappa shape index (κ2) is 25.2. The summed E-state index contributed by atoms with van der Waals surface area (Å²) in [5, 5.41) is 0. The monoisotopic (exact) mass is 950 g/mol. The molecule has 0 aliphatic rings. The molecule has 0 N–H and O–H groups in total. The van der Waals surface area contributed by atoms with Gasteiger partial charge in [0.25, 0.3) is 0 Å². The molecule has 0 saturated carbocycles. The van der Waals surface area contributed by atoms with Crippen LogP contribution in [-0.2, 0) is 40.9 Å². The molecule has 4 nitrogen and oxygen atoms in total. The van der Waals surface area contributed by atoms with E-state index in [1.165, 1.54) is 38.2 Å². The zero-order valence-corrected chi connectivity index (χ0v) is 41.2. The first-order valence-electron chi connectivity index (χ1n) is 36.7. The second-order valence-corrected chi connectivity index (χ2v) is 16.8. The average Bonchev–Trinajstić information content (AvgIpc) is 0.789. The van der Waals surface area contributed by atoms with E-state index in [-0.39, 0.29) is 22.3 Å². The number of hydrogen-bond donors (Lipinski definition) is 0. The zero-order chi connectivity index (χ0) is 75.4. The minimum atomic E-state index is -2.76. The summed E-state index contributed by atoms with van der Waals surface area (Å²) in [5.41, 5.74) is 12.6. The topological polar surface area (TPSA) is 15.5 Å². The Kier molecular flexibility index (Phi) is 9.66. The summed E-state index contributed by atoms with van der Waals surface area (Å²) in [5.74, 6) is -1.69. The van der Waals surface area contributed by atoms with Crippen LogP contribution in [0.15, 0.2) is 146 Å². The van der Waals surface area contributed by atoms with E-state index in [4.69, 9.17) is 39.8 Å². The van der Waals surface area contributed by atoms with Gasteiger partial charge < -0.3 is 0 Å². The molecular formula is C65H84N4+4. The minimum absolute atomic E-state index is 0.0931. The maximum absolute atomic E-state index is 8.20. The highest BCUT2D eigenvalue weighted by Gasteiger charge is 2.16. The molecule has 4 aromatic carbocycles. The van der Waals surface area contributed by atoms with Crippen LogP contribution in [0, 0.1) is 62.0 Å². The summed E-state index contributed by atoms with van der Waals surface area (Å²) in [7, 11) is 5.73. The lowest BCUT2D eigenvalue weighted by atomic mass is 9.96. The van der Waals surface area contributed by atoms with Gasteiger partial charge in [0.05, 0.1) is 0 Å². The maximum atomic E-state index is 8.20. The number of aryl methyl sites for hydroxylation is 15. The summed E-state index contributed by atoms with van der Waals surface area (Å²) < 4.78 is 221. The largest absolute Gasteiger partial charge is 0.212 e. The van der Waals surface area contributed by atoms with Crippen molar-refractivity contribution in [3.8, 4) is 45.0 Å². The van der Waals surface area contributed by atoms with Crippen LogP contribution in [0.4, 0.5) is 0 Å². The van der Waals surface area contributed by atoms with Gasteiger partial charge in [-0.05, 0) is 163 Å². The van der Waals surface area contributed by atoms with E-state index in [9.17, 15) is 0 Å². The standard InChI is InChI=1S/C17H22N.2C16H20N.C15H18N.CH4/c1-12(2)15-7-8-16(14(4)10-15)17-9-6-13(3)11-18(17)5;1-5-14-7-8-15(13(3)10-14)16-9-6-12(2)11-17(16)4;1-5-14-7-9-16(17(4)11-14)15-8-6-12(2)10-13(15)3;1-11-5-7-14(13(3)9-11)15-8-6-12(2)10-16(15)4;/h6-12H,1-5H3;2*6-11H,5H2,1-4H3;5-10H,1-4H3;1H4/q4*+1;/i1D3,3D3,12D;1D3,2D3,5D2;2D3,5D2;1D3,2D3;1D3. The number of rotatable bonds is 7. The first-order valence-corrected chi connectivity index (χ1v) is 22.0. The summed E-state index contributed by atoms with van der Waals surface area (Å²) >= 11 is 0. The van der Waals surface area contributed by atoms with Gasteiger partial charge in [0, 0.05) is 109 Å². The van der Waals surface area contributed by atoms with Crippen LogP contribution < -0.4 is 18.3 Å². The van der Waals surface area contributed by atoms with Crippen LogP contribution in [0.25, 0.3) is 45.0 Å². The lowest BCUT2D eigenvalue weighted by Gasteiger charge is -2.10. The molecule has 0 aliphatic carbocycles. The van der Waals surface area contributed by atoms with Crippen molar-refractivity contribution >= 4 is 0 Å². The Bertz CT molecular complexity index is 3690. The summed E-state index contributed by atoms with van der Waals surface area (Å²) in [6, 6.07) is 33.5. The van der Waals surface area contributed by atoms with Crippen LogP contribution in [-0.4, -0.2) is 0 Å². The molecule has 4 heteroatoms. The van der Waals surface area contributed by atoms with Crippen molar-refractivity contribution in [3.05, 3.63) is 213 Å². The van der Waals surface area contributed by atoms with Gasteiger partial charge >= 0.3 is 0 Å². The molecule has 1 unspecified atom stereocenters. The van der Waals surface area contributed by atoms with Crippen molar-refractivity contribution in [2.24, 2.45) is 28.2 Å². The molecule has 1 atom stereocenters. The lowest BCUT2D eigenvalue weighted by Crippen LogP contribution is -2.31. The summed E-state index contributed by atoms with van der Waals surface area (Å²) in [6.07, 6.45) is 2.63. The first-order chi connectivity index (χ1) is 44.2. The van der Waals surface area contributed by atoms with Crippen LogP contribution in [0.3, 0.4) is 0 Å². The van der Waals surface area contributed by atoms with Gasteiger partial charge in [0.15, 0.2) is 24.8 Å². The van der Waals surface area contributed by atoms with E-state index in [1.54, 1.807) is 151 Å². The normalized spacial score (nSPS) is 19.2. The molecule has 0 radical (unpaired) electrons. The van der Waals surface area contributed by atoms with Crippen molar-refractivity contribution in [2.75, 3.05) is 0 Å². The molecule has 0 bridgehead atoms. The molecule has 0 aliphatic heterocycles. The van der Waals surface area contributed by atoms with Gasteiger partial charge in [-0.3, -0.25) is 0 Å². The Morgan fingerprint density at radius 2 is 0.826 bits per heavy atom. The van der Waals surface area contributed by atoms with Gasteiger partial charge in [-0.1, -0.05) is 94.6 Å². The fourth-order valence-corrected chi connectivity index (χ4v) is 7.81. The minimum Gasteiger partial charge on any atom is -0.201 e. The molecule has 8 rings (SSSR count). The Morgan fingerprint density at radius 3 is 1.17 bits per heavy atom. The zero-order valence-electron chi connectivity index (χ0n) is 70.2. The van der Waals surface area contributed by atoms with Crippen molar-refractivity contribution in [1.82, 2.24) is 0 Å². The Hall–Kier alpha value is -6.52. The molecule has 0 amide bonds. The van der Waals surface area contributed by atoms with Crippen LogP contribution in [0.1, 0.15) is 147 Å². The highest BCUT2D eigenvalue weighted by atomic mass is 14.9. The van der Waals surface area contributed by atoms with E-state index in [0.717, 1.165) is 61.7 Å². The number of nitrogens with zero attached hydrogens (tertiary/aromatic N) is 4. The van der Waals surface area contributed by atoms with Crippen LogP contribution in [0.5, 0.6) is 0 Å². The third-order valence-corrected chi connectivity index (χ3v) is 11.4. The molecule has 4 heterocycles. The predicted octanol–water partition coefficient (Wildman–Crippen LogP) is 14.4. The number of aromatic nitrogens is 4.